The highest BCUT2D eigenvalue weighted by molar-refractivity contribution is 8.00. The summed E-state index contributed by atoms with van der Waals surface area (Å²) in [5.74, 6) is 0.507. The van der Waals surface area contributed by atoms with Crippen LogP contribution >= 0.6 is 24.2 Å². The minimum absolute atomic E-state index is 0. The summed E-state index contributed by atoms with van der Waals surface area (Å²) in [7, 11) is 0. The van der Waals surface area contributed by atoms with Crippen LogP contribution in [0.2, 0.25) is 0 Å². The van der Waals surface area contributed by atoms with Crippen molar-refractivity contribution in [2.45, 2.75) is 51.1 Å². The molecular formula is C18H22ClF3N2OS. The number of thioether (sulfide) groups is 1. The van der Waals surface area contributed by atoms with Gasteiger partial charge in [0.05, 0.1) is 5.52 Å². The summed E-state index contributed by atoms with van der Waals surface area (Å²) in [5.41, 5.74) is -1.95. The highest BCUT2D eigenvalue weighted by atomic mass is 35.5. The van der Waals surface area contributed by atoms with E-state index in [0.29, 0.717) is 11.5 Å². The molecule has 1 aromatic heterocycles. The van der Waals surface area contributed by atoms with Crippen molar-refractivity contribution in [2.24, 2.45) is 5.92 Å². The Labute approximate surface area is 161 Å². The number of benzene rings is 1. The van der Waals surface area contributed by atoms with E-state index in [9.17, 15) is 18.0 Å². The minimum Gasteiger partial charge on any atom is -0.294 e. The van der Waals surface area contributed by atoms with Gasteiger partial charge in [-0.3, -0.25) is 9.48 Å². The van der Waals surface area contributed by atoms with Gasteiger partial charge in [0.2, 0.25) is 0 Å². The lowest BCUT2D eigenvalue weighted by Crippen LogP contribution is -2.18. The molecule has 0 atom stereocenters. The van der Waals surface area contributed by atoms with Gasteiger partial charge in [0.25, 0.3) is 0 Å². The number of nitrogens with zero attached hydrogens (tertiary/aromatic N) is 2. The summed E-state index contributed by atoms with van der Waals surface area (Å²) in [6, 6.07) is 3.72. The predicted octanol–water partition coefficient (Wildman–Crippen LogP) is 5.78. The normalized spacial score (nSPS) is 14.9. The molecule has 8 heteroatoms. The lowest BCUT2D eigenvalue weighted by atomic mass is 9.85. The maximum atomic E-state index is 12.4. The number of fused-ring (bicyclic) bond motifs is 1. The molecular weight excluding hydrogens is 385 g/mol. The van der Waals surface area contributed by atoms with E-state index in [0.717, 1.165) is 23.0 Å². The summed E-state index contributed by atoms with van der Waals surface area (Å²) in [6.45, 7) is 2.76. The number of rotatable bonds is 7. The zero-order chi connectivity index (χ0) is 18.0. The average molecular weight is 407 g/mol. The molecule has 0 bridgehead atoms. The number of Topliss-reactive ketones (excluding diaryl/α,β-unsaturated/α-hetero) is 1. The van der Waals surface area contributed by atoms with Gasteiger partial charge >= 0.3 is 5.51 Å². The lowest BCUT2D eigenvalue weighted by molar-refractivity contribution is -0.0328. The van der Waals surface area contributed by atoms with Crippen molar-refractivity contribution >= 4 is 40.9 Å². The number of carbonyl (C=O) groups is 1. The fourth-order valence-electron chi connectivity index (χ4n) is 3.12. The molecule has 0 spiro atoms. The van der Waals surface area contributed by atoms with Crippen LogP contribution in [0, 0.1) is 12.8 Å². The molecule has 0 radical (unpaired) electrons. The molecule has 1 saturated carbocycles. The summed E-state index contributed by atoms with van der Waals surface area (Å²) >= 11 is -0.0715. The zero-order valence-corrected chi connectivity index (χ0v) is 16.1. The number of hydrogen-bond acceptors (Lipinski definition) is 3. The van der Waals surface area contributed by atoms with Gasteiger partial charge in [0.15, 0.2) is 5.78 Å². The maximum absolute atomic E-state index is 12.4. The van der Waals surface area contributed by atoms with Crippen LogP contribution in [-0.4, -0.2) is 26.8 Å². The number of aromatic nitrogens is 2. The molecule has 1 aliphatic carbocycles. The molecule has 1 aromatic carbocycles. The van der Waals surface area contributed by atoms with Gasteiger partial charge in [-0.2, -0.15) is 18.3 Å². The fourth-order valence-corrected chi connectivity index (χ4v) is 3.64. The molecule has 1 heterocycles. The average Bonchev–Trinajstić information content (AvgIpc) is 2.87. The Morgan fingerprint density at radius 3 is 2.69 bits per heavy atom. The first kappa shape index (κ1) is 21.1. The van der Waals surface area contributed by atoms with Crippen molar-refractivity contribution in [2.75, 3.05) is 5.75 Å². The first-order valence-electron chi connectivity index (χ1n) is 8.53. The SMILES string of the molecule is Cc1cc2nn(CC3CCC3)cc2cc1C(=O)CCCSC(F)(F)F.Cl. The standard InChI is InChI=1S/C18H21F3N2OS.ClH/c1-12-8-16-14(11-23(22-16)10-13-4-2-5-13)9-15(12)17(24)6-3-7-25-18(19,20)21;/h8-9,11,13H,2-7,10H2,1H3;1H. The van der Waals surface area contributed by atoms with Crippen LogP contribution in [0.1, 0.15) is 48.0 Å². The Balaban J connectivity index is 0.00000243. The van der Waals surface area contributed by atoms with Crippen LogP contribution in [0.3, 0.4) is 0 Å². The molecule has 3 rings (SSSR count). The molecule has 0 unspecified atom stereocenters. The Morgan fingerprint density at radius 2 is 2.08 bits per heavy atom. The van der Waals surface area contributed by atoms with Crippen molar-refractivity contribution in [1.29, 1.82) is 0 Å². The molecule has 0 amide bonds. The number of hydrogen-bond donors (Lipinski definition) is 0. The molecule has 0 saturated heterocycles. The monoisotopic (exact) mass is 406 g/mol. The van der Waals surface area contributed by atoms with Gasteiger partial charge < -0.3 is 0 Å². The summed E-state index contributed by atoms with van der Waals surface area (Å²) in [4.78, 5) is 12.4. The van der Waals surface area contributed by atoms with E-state index in [4.69, 9.17) is 0 Å². The second-order valence-corrected chi connectivity index (χ2v) is 7.85. The van der Waals surface area contributed by atoms with Gasteiger partial charge in [-0.05, 0) is 49.8 Å². The van der Waals surface area contributed by atoms with Gasteiger partial charge in [-0.1, -0.05) is 18.2 Å². The number of halogens is 4. The Morgan fingerprint density at radius 1 is 1.35 bits per heavy atom. The molecule has 0 aliphatic heterocycles. The molecule has 26 heavy (non-hydrogen) atoms. The Bertz CT molecular complexity index is 772. The Hall–Kier alpha value is -1.21. The van der Waals surface area contributed by atoms with Gasteiger partial charge in [-0.25, -0.2) is 0 Å². The van der Waals surface area contributed by atoms with Crippen LogP contribution in [-0.2, 0) is 6.54 Å². The second-order valence-electron chi connectivity index (χ2n) is 6.69. The molecule has 2 aromatic rings. The summed E-state index contributed by atoms with van der Waals surface area (Å²) in [5, 5.41) is 5.49. The van der Waals surface area contributed by atoms with Gasteiger partial charge in [0, 0.05) is 35.9 Å². The molecule has 1 fully saturated rings. The van der Waals surface area contributed by atoms with Crippen LogP contribution in [0.4, 0.5) is 13.2 Å². The minimum atomic E-state index is -4.23. The van der Waals surface area contributed by atoms with Crippen molar-refractivity contribution in [3.63, 3.8) is 0 Å². The first-order valence-corrected chi connectivity index (χ1v) is 9.52. The number of aryl methyl sites for hydroxylation is 1. The van der Waals surface area contributed by atoms with E-state index in [-0.39, 0.29) is 48.5 Å². The third-order valence-electron chi connectivity index (χ3n) is 4.68. The highest BCUT2D eigenvalue weighted by Gasteiger charge is 2.27. The zero-order valence-electron chi connectivity index (χ0n) is 14.5. The lowest BCUT2D eigenvalue weighted by Gasteiger charge is -2.24. The van der Waals surface area contributed by atoms with E-state index in [1.165, 1.54) is 19.3 Å². The second kappa shape index (κ2) is 8.65. The van der Waals surface area contributed by atoms with Crippen LogP contribution < -0.4 is 0 Å². The van der Waals surface area contributed by atoms with Crippen molar-refractivity contribution in [3.05, 3.63) is 29.5 Å². The highest BCUT2D eigenvalue weighted by Crippen LogP contribution is 2.31. The molecule has 1 aliphatic rings. The van der Waals surface area contributed by atoms with E-state index in [1.54, 1.807) is 0 Å². The third kappa shape index (κ3) is 5.39. The van der Waals surface area contributed by atoms with Crippen molar-refractivity contribution in [1.82, 2.24) is 9.78 Å². The van der Waals surface area contributed by atoms with Crippen LogP contribution in [0.5, 0.6) is 0 Å². The first-order chi connectivity index (χ1) is 11.8. The third-order valence-corrected chi connectivity index (χ3v) is 5.50. The Kier molecular flexibility index (Phi) is 7.02. The van der Waals surface area contributed by atoms with E-state index in [1.807, 2.05) is 29.9 Å². The largest absolute Gasteiger partial charge is 0.441 e. The number of carbonyl (C=O) groups excluding carboxylic acids is 1. The molecule has 0 N–H and O–H groups in total. The predicted molar refractivity (Wildman–Crippen MR) is 101 cm³/mol. The van der Waals surface area contributed by atoms with Crippen LogP contribution in [0.25, 0.3) is 10.9 Å². The quantitative estimate of drug-likeness (QED) is 0.431. The molecule has 3 nitrogen and oxygen atoms in total. The van der Waals surface area contributed by atoms with Crippen molar-refractivity contribution < 1.29 is 18.0 Å². The maximum Gasteiger partial charge on any atom is 0.441 e. The van der Waals surface area contributed by atoms with Crippen molar-refractivity contribution in [3.8, 4) is 0 Å². The number of ketones is 1. The van der Waals surface area contributed by atoms with Gasteiger partial charge in [0.1, 0.15) is 0 Å². The van der Waals surface area contributed by atoms with Crippen LogP contribution in [0.15, 0.2) is 18.3 Å². The van der Waals surface area contributed by atoms with E-state index < -0.39 is 5.51 Å². The summed E-state index contributed by atoms with van der Waals surface area (Å²) < 4.78 is 38.3. The topological polar surface area (TPSA) is 34.9 Å². The van der Waals surface area contributed by atoms with Gasteiger partial charge in [-0.15, -0.1) is 12.4 Å². The van der Waals surface area contributed by atoms with E-state index >= 15 is 0 Å². The number of alkyl halides is 3. The molecule has 144 valence electrons. The smallest absolute Gasteiger partial charge is 0.294 e. The fraction of sp³-hybridized carbons (Fsp3) is 0.556. The van der Waals surface area contributed by atoms with E-state index in [2.05, 4.69) is 5.10 Å². The summed E-state index contributed by atoms with van der Waals surface area (Å²) in [6.07, 6.45) is 6.09.